The van der Waals surface area contributed by atoms with Crippen LogP contribution in [-0.4, -0.2) is 36.1 Å². The third-order valence-electron chi connectivity index (χ3n) is 5.56. The van der Waals surface area contributed by atoms with E-state index in [1.54, 1.807) is 6.07 Å². The van der Waals surface area contributed by atoms with Crippen LogP contribution in [0, 0.1) is 0 Å². The minimum Gasteiger partial charge on any atom is -0.793 e. The van der Waals surface area contributed by atoms with Crippen molar-refractivity contribution in [3.8, 4) is 22.5 Å². The van der Waals surface area contributed by atoms with Gasteiger partial charge in [-0.15, -0.1) is 0 Å². The van der Waals surface area contributed by atoms with Crippen LogP contribution in [0.1, 0.15) is 50.9 Å². The summed E-state index contributed by atoms with van der Waals surface area (Å²) in [6.45, 7) is 4.33. The number of nitrogens with zero attached hydrogens (tertiary/aromatic N) is 2. The van der Waals surface area contributed by atoms with E-state index in [2.05, 4.69) is 73.9 Å². The van der Waals surface area contributed by atoms with Crippen LogP contribution in [-0.2, 0) is 39.3 Å². The zero-order valence-electron chi connectivity index (χ0n) is 25.2. The maximum absolute atomic E-state index is 10.9. The molecule has 0 radical (unpaired) electrons. The van der Waals surface area contributed by atoms with Gasteiger partial charge in [-0.25, -0.2) is 0 Å². The average molecular weight is 633 g/mol. The number of rotatable bonds is 12. The smallest absolute Gasteiger partial charge is 0.793 e. The molecule has 0 aliphatic heterocycles. The van der Waals surface area contributed by atoms with Crippen molar-refractivity contribution in [2.75, 3.05) is 17.8 Å². The molecule has 0 atom stereocenters. The van der Waals surface area contributed by atoms with Crippen LogP contribution in [0.3, 0.4) is 0 Å². The van der Waals surface area contributed by atoms with Gasteiger partial charge in [0.15, 0.2) is 0 Å². The molecule has 0 aliphatic rings. The third-order valence-corrected chi connectivity index (χ3v) is 7.48. The minimum atomic E-state index is -3.44. The zero-order valence-corrected chi connectivity index (χ0v) is 29.7. The van der Waals surface area contributed by atoms with Crippen LogP contribution in [0.15, 0.2) is 97.1 Å². The van der Waals surface area contributed by atoms with E-state index < -0.39 is 10.1 Å². The molecule has 0 N–H and O–H groups in total. The SMILES string of the molecule is CCCCSCc1cccc(-c2ccccc2)n1.CCCC[S-].CS(=O)(=O)OCc1cccc(-c2ccccc2)n1.[Na+]. The molecule has 0 spiro atoms. The summed E-state index contributed by atoms with van der Waals surface area (Å²) in [4.78, 5) is 9.08. The first-order valence-corrected chi connectivity index (χ1v) is 17.4. The Labute approximate surface area is 285 Å². The van der Waals surface area contributed by atoms with E-state index in [0.717, 1.165) is 34.7 Å². The molecule has 4 rings (SSSR count). The topological polar surface area (TPSA) is 69.2 Å². The molecule has 0 bridgehead atoms. The van der Waals surface area contributed by atoms with E-state index in [0.29, 0.717) is 5.69 Å². The van der Waals surface area contributed by atoms with Gasteiger partial charge in [0.2, 0.25) is 0 Å². The number of hydrogen-bond donors (Lipinski definition) is 0. The van der Waals surface area contributed by atoms with E-state index in [1.807, 2.05) is 60.3 Å². The van der Waals surface area contributed by atoms with Crippen molar-refractivity contribution in [1.29, 1.82) is 0 Å². The van der Waals surface area contributed by atoms with Crippen molar-refractivity contribution < 1.29 is 42.2 Å². The van der Waals surface area contributed by atoms with Crippen LogP contribution < -0.4 is 29.6 Å². The molecule has 0 amide bonds. The summed E-state index contributed by atoms with van der Waals surface area (Å²) >= 11 is 6.62. The first-order valence-electron chi connectivity index (χ1n) is 13.9. The van der Waals surface area contributed by atoms with Gasteiger partial charge in [0.05, 0.1) is 29.0 Å². The second-order valence-electron chi connectivity index (χ2n) is 9.19. The number of hydrogen-bond acceptors (Lipinski definition) is 7. The first kappa shape index (κ1) is 38.4. The molecule has 0 aliphatic carbocycles. The molecular weight excluding hydrogens is 592 g/mol. The van der Waals surface area contributed by atoms with Crippen molar-refractivity contribution in [2.24, 2.45) is 0 Å². The average Bonchev–Trinajstić information content (AvgIpc) is 3.00. The predicted molar refractivity (Wildman–Crippen MR) is 177 cm³/mol. The molecule has 0 unspecified atom stereocenters. The number of aromatic nitrogens is 2. The molecule has 0 fully saturated rings. The molecule has 4 aromatic rings. The van der Waals surface area contributed by atoms with Crippen molar-refractivity contribution in [3.05, 3.63) is 108 Å². The summed E-state index contributed by atoms with van der Waals surface area (Å²) in [5, 5.41) is 0. The Morgan fingerprint density at radius 1 is 0.714 bits per heavy atom. The number of thioether (sulfide) groups is 1. The van der Waals surface area contributed by atoms with E-state index in [1.165, 1.54) is 42.7 Å². The summed E-state index contributed by atoms with van der Waals surface area (Å²) in [5.74, 6) is 3.17. The number of benzene rings is 2. The standard InChI is InChI=1S/C16H19NS.C13H13NO3S.C4H10S.Na/c1-2-3-12-18-13-15-10-7-11-16(17-15)14-8-5-4-6-9-14;1-18(15,16)17-10-12-8-5-9-13(14-12)11-6-3-2-4-7-11;1-2-3-4-5;/h4-11H,2-3,12-13H2,1H3;2-9H,10H2,1H3;5H,2-4H2,1H3;/q;;;+1/p-1. The molecule has 5 nitrogen and oxygen atoms in total. The van der Waals surface area contributed by atoms with E-state index in [4.69, 9.17) is 9.17 Å². The monoisotopic (exact) mass is 632 g/mol. The van der Waals surface area contributed by atoms with Crippen molar-refractivity contribution in [1.82, 2.24) is 9.97 Å². The van der Waals surface area contributed by atoms with Crippen molar-refractivity contribution in [2.45, 2.75) is 51.9 Å². The normalized spacial score (nSPS) is 10.4. The van der Waals surface area contributed by atoms with Gasteiger partial charge in [-0.05, 0) is 36.4 Å². The Morgan fingerprint density at radius 3 is 1.67 bits per heavy atom. The molecule has 2 heterocycles. The van der Waals surface area contributed by atoms with Gasteiger partial charge in [0.1, 0.15) is 6.61 Å². The third kappa shape index (κ3) is 16.8. The van der Waals surface area contributed by atoms with Crippen LogP contribution in [0.25, 0.3) is 22.5 Å². The summed E-state index contributed by atoms with van der Waals surface area (Å²) in [6.07, 6.45) is 6.03. The Hall–Kier alpha value is -1.65. The van der Waals surface area contributed by atoms with Crippen LogP contribution >= 0.6 is 11.8 Å². The fraction of sp³-hybridized carbons (Fsp3) is 0.333. The van der Waals surface area contributed by atoms with Crippen LogP contribution in [0.4, 0.5) is 0 Å². The fourth-order valence-electron chi connectivity index (χ4n) is 3.39. The van der Waals surface area contributed by atoms with Crippen LogP contribution in [0.2, 0.25) is 0 Å². The Kier molecular flexibility index (Phi) is 20.9. The molecule has 0 saturated carbocycles. The van der Waals surface area contributed by atoms with Gasteiger partial charge in [-0.3, -0.25) is 14.2 Å². The maximum atomic E-state index is 10.9. The Balaban J connectivity index is 0.000000355. The maximum Gasteiger partial charge on any atom is 1.00 e. The van der Waals surface area contributed by atoms with Gasteiger partial charge < -0.3 is 12.6 Å². The number of pyridine rings is 2. The summed E-state index contributed by atoms with van der Waals surface area (Å²) < 4.78 is 26.5. The van der Waals surface area contributed by atoms with E-state index in [9.17, 15) is 8.42 Å². The fourth-order valence-corrected chi connectivity index (χ4v) is 5.02. The molecule has 9 heteroatoms. The van der Waals surface area contributed by atoms with Crippen molar-refractivity contribution in [3.63, 3.8) is 0 Å². The second kappa shape index (κ2) is 22.8. The Bertz CT molecular complexity index is 1360. The van der Waals surface area contributed by atoms with Gasteiger partial charge >= 0.3 is 29.6 Å². The van der Waals surface area contributed by atoms with Crippen LogP contribution in [0.5, 0.6) is 0 Å². The van der Waals surface area contributed by atoms with Crippen molar-refractivity contribution >= 4 is 34.5 Å². The van der Waals surface area contributed by atoms with E-state index in [-0.39, 0.29) is 36.2 Å². The number of unbranched alkanes of at least 4 members (excludes halogenated alkanes) is 2. The first-order chi connectivity index (χ1) is 19.9. The van der Waals surface area contributed by atoms with Gasteiger partial charge in [0.25, 0.3) is 10.1 Å². The van der Waals surface area contributed by atoms with E-state index >= 15 is 0 Å². The van der Waals surface area contributed by atoms with Gasteiger partial charge in [0, 0.05) is 16.9 Å². The summed E-state index contributed by atoms with van der Waals surface area (Å²) in [7, 11) is -3.44. The quantitative estimate of drug-likeness (QED) is 0.0904. The second-order valence-corrected chi connectivity index (χ2v) is 12.3. The molecule has 220 valence electrons. The summed E-state index contributed by atoms with van der Waals surface area (Å²) in [6, 6.07) is 31.8. The molecule has 2 aromatic carbocycles. The minimum absolute atomic E-state index is 0. The predicted octanol–water partition coefficient (Wildman–Crippen LogP) is 5.34. The Morgan fingerprint density at radius 2 is 1.21 bits per heavy atom. The zero-order chi connectivity index (χ0) is 29.8. The van der Waals surface area contributed by atoms with Gasteiger partial charge in [-0.1, -0.05) is 106 Å². The molecule has 0 saturated heterocycles. The molecular formula is C33H41N2NaO3S3. The largest absolute Gasteiger partial charge is 1.00 e. The van der Waals surface area contributed by atoms with Gasteiger partial charge in [-0.2, -0.15) is 25.9 Å². The molecule has 42 heavy (non-hydrogen) atoms. The summed E-state index contributed by atoms with van der Waals surface area (Å²) in [5.41, 5.74) is 5.81. The molecule has 2 aromatic heterocycles.